The molecule has 1 aromatic rings. The Labute approximate surface area is 75.7 Å². The van der Waals surface area contributed by atoms with Crippen LogP contribution in [0.3, 0.4) is 0 Å². The molecule has 0 radical (unpaired) electrons. The Kier molecular flexibility index (Phi) is 2.00. The molecule has 0 bridgehead atoms. The first-order valence-corrected chi connectivity index (χ1v) is 4.04. The van der Waals surface area contributed by atoms with Gasteiger partial charge >= 0.3 is 0 Å². The van der Waals surface area contributed by atoms with Gasteiger partial charge in [0, 0.05) is 0 Å². The lowest BCUT2D eigenvalue weighted by Crippen LogP contribution is -2.34. The van der Waals surface area contributed by atoms with Gasteiger partial charge in [-0.15, -0.1) is 0 Å². The molecule has 4 heteroatoms. The van der Waals surface area contributed by atoms with Crippen LogP contribution in [0.15, 0.2) is 30.3 Å². The van der Waals surface area contributed by atoms with E-state index in [1.54, 1.807) is 0 Å². The Bertz CT molecular complexity index is 313. The quantitative estimate of drug-likeness (QED) is 0.641. The average Bonchev–Trinajstić information content (AvgIpc) is 2.47. The van der Waals surface area contributed by atoms with E-state index >= 15 is 0 Å². The summed E-state index contributed by atoms with van der Waals surface area (Å²) in [6.07, 6.45) is -1.24. The number of nitrogens with one attached hydrogen (secondary N) is 1. The first-order valence-electron chi connectivity index (χ1n) is 4.04. The second kappa shape index (κ2) is 3.16. The van der Waals surface area contributed by atoms with E-state index in [1.165, 1.54) is 0 Å². The molecule has 0 aliphatic carbocycles. The Hall–Kier alpha value is -1.39. The lowest BCUT2D eigenvalue weighted by Gasteiger charge is -2.06. The Morgan fingerprint density at radius 2 is 2.00 bits per heavy atom. The second-order valence-corrected chi connectivity index (χ2v) is 2.86. The maximum absolute atomic E-state index is 11.3. The highest BCUT2D eigenvalue weighted by atomic mass is 16.5. The standard InChI is InChI=1S/C9H10N2O2/c10-9-11-8(12)7(13-9)6-4-2-1-3-5-6/h1-5,7,9H,10H2,(H,11,12). The molecule has 1 saturated heterocycles. The number of hydrogen-bond donors (Lipinski definition) is 2. The fourth-order valence-corrected chi connectivity index (χ4v) is 1.32. The third kappa shape index (κ3) is 1.54. The Balaban J connectivity index is 2.23. The highest BCUT2D eigenvalue weighted by Crippen LogP contribution is 2.21. The van der Waals surface area contributed by atoms with Crippen molar-refractivity contribution in [3.63, 3.8) is 0 Å². The van der Waals surface area contributed by atoms with Crippen molar-refractivity contribution in [2.75, 3.05) is 0 Å². The van der Waals surface area contributed by atoms with E-state index < -0.39 is 12.5 Å². The van der Waals surface area contributed by atoms with Crippen LogP contribution in [0.5, 0.6) is 0 Å². The van der Waals surface area contributed by atoms with Crippen molar-refractivity contribution in [2.24, 2.45) is 5.73 Å². The molecule has 1 heterocycles. The van der Waals surface area contributed by atoms with E-state index in [2.05, 4.69) is 5.32 Å². The highest BCUT2D eigenvalue weighted by molar-refractivity contribution is 5.83. The van der Waals surface area contributed by atoms with E-state index in [9.17, 15) is 4.79 Å². The summed E-state index contributed by atoms with van der Waals surface area (Å²) in [6, 6.07) is 9.27. The van der Waals surface area contributed by atoms with Gasteiger partial charge < -0.3 is 10.1 Å². The van der Waals surface area contributed by atoms with Crippen LogP contribution in [0.4, 0.5) is 0 Å². The minimum Gasteiger partial charge on any atom is -0.327 e. The molecule has 2 rings (SSSR count). The van der Waals surface area contributed by atoms with E-state index in [4.69, 9.17) is 10.5 Å². The summed E-state index contributed by atoms with van der Waals surface area (Å²) >= 11 is 0. The fraction of sp³-hybridized carbons (Fsp3) is 0.222. The fourth-order valence-electron chi connectivity index (χ4n) is 1.32. The van der Waals surface area contributed by atoms with Gasteiger partial charge in [-0.25, -0.2) is 0 Å². The molecule has 1 fully saturated rings. The number of benzene rings is 1. The predicted molar refractivity (Wildman–Crippen MR) is 46.4 cm³/mol. The topological polar surface area (TPSA) is 64.3 Å². The van der Waals surface area contributed by atoms with Crippen LogP contribution in [0.2, 0.25) is 0 Å². The van der Waals surface area contributed by atoms with Gasteiger partial charge in [-0.05, 0) is 5.56 Å². The van der Waals surface area contributed by atoms with E-state index in [0.717, 1.165) is 5.56 Å². The van der Waals surface area contributed by atoms with Gasteiger partial charge in [0.25, 0.3) is 5.91 Å². The minimum atomic E-state index is -0.683. The van der Waals surface area contributed by atoms with Crippen LogP contribution in [0, 0.1) is 0 Å². The van der Waals surface area contributed by atoms with Gasteiger partial charge in [-0.1, -0.05) is 30.3 Å². The number of carbonyl (C=O) groups is 1. The number of nitrogens with two attached hydrogens (primary N) is 1. The molecular formula is C9H10N2O2. The number of hydrogen-bond acceptors (Lipinski definition) is 3. The molecule has 2 atom stereocenters. The molecule has 1 aromatic carbocycles. The van der Waals surface area contributed by atoms with E-state index in [1.807, 2.05) is 30.3 Å². The third-order valence-corrected chi connectivity index (χ3v) is 1.91. The first kappa shape index (κ1) is 8.22. The summed E-state index contributed by atoms with van der Waals surface area (Å²) in [5.74, 6) is -0.182. The molecule has 3 N–H and O–H groups in total. The largest absolute Gasteiger partial charge is 0.327 e. The van der Waals surface area contributed by atoms with Crippen LogP contribution in [0.25, 0.3) is 0 Å². The molecule has 0 saturated carbocycles. The molecular weight excluding hydrogens is 168 g/mol. The normalized spacial score (nSPS) is 27.3. The zero-order valence-electron chi connectivity index (χ0n) is 6.94. The summed E-state index contributed by atoms with van der Waals surface area (Å²) in [5, 5.41) is 2.48. The Morgan fingerprint density at radius 1 is 1.31 bits per heavy atom. The number of rotatable bonds is 1. The van der Waals surface area contributed by atoms with Crippen molar-refractivity contribution in [3.05, 3.63) is 35.9 Å². The smallest absolute Gasteiger partial charge is 0.256 e. The van der Waals surface area contributed by atoms with Crippen LogP contribution in [-0.4, -0.2) is 12.3 Å². The maximum Gasteiger partial charge on any atom is 0.256 e. The van der Waals surface area contributed by atoms with Gasteiger partial charge in [0.15, 0.2) is 12.5 Å². The zero-order valence-corrected chi connectivity index (χ0v) is 6.94. The molecule has 2 unspecified atom stereocenters. The molecule has 1 amide bonds. The van der Waals surface area contributed by atoms with E-state index in [0.29, 0.717) is 0 Å². The van der Waals surface area contributed by atoms with Crippen LogP contribution >= 0.6 is 0 Å². The van der Waals surface area contributed by atoms with Crippen molar-refractivity contribution < 1.29 is 9.53 Å². The lowest BCUT2D eigenvalue weighted by atomic mass is 10.1. The Morgan fingerprint density at radius 3 is 2.54 bits per heavy atom. The van der Waals surface area contributed by atoms with Gasteiger partial charge in [0.1, 0.15) is 0 Å². The molecule has 1 aliphatic rings. The SMILES string of the molecule is NC1NC(=O)C(c2ccccc2)O1. The van der Waals surface area contributed by atoms with Gasteiger partial charge in [-0.3, -0.25) is 10.5 Å². The van der Waals surface area contributed by atoms with Crippen LogP contribution < -0.4 is 11.1 Å². The minimum absolute atomic E-state index is 0.182. The third-order valence-electron chi connectivity index (χ3n) is 1.91. The highest BCUT2D eigenvalue weighted by Gasteiger charge is 2.31. The number of carbonyl (C=O) groups excluding carboxylic acids is 1. The van der Waals surface area contributed by atoms with Crippen molar-refractivity contribution in [1.29, 1.82) is 0 Å². The van der Waals surface area contributed by atoms with Gasteiger partial charge in [0.05, 0.1) is 0 Å². The average molecular weight is 178 g/mol. The summed E-state index contributed by atoms with van der Waals surface area (Å²) < 4.78 is 5.18. The van der Waals surface area contributed by atoms with Crippen LogP contribution in [-0.2, 0) is 9.53 Å². The summed E-state index contributed by atoms with van der Waals surface area (Å²) in [7, 11) is 0. The van der Waals surface area contributed by atoms with Gasteiger partial charge in [-0.2, -0.15) is 0 Å². The molecule has 68 valence electrons. The predicted octanol–water partition coefficient (Wildman–Crippen LogP) is 0.116. The number of amides is 1. The number of ether oxygens (including phenoxy) is 1. The second-order valence-electron chi connectivity index (χ2n) is 2.86. The molecule has 4 nitrogen and oxygen atoms in total. The monoisotopic (exact) mass is 178 g/mol. The first-order chi connectivity index (χ1) is 6.27. The summed E-state index contributed by atoms with van der Waals surface area (Å²) in [5.41, 5.74) is 6.23. The molecule has 1 aliphatic heterocycles. The van der Waals surface area contributed by atoms with Crippen molar-refractivity contribution >= 4 is 5.91 Å². The summed E-state index contributed by atoms with van der Waals surface area (Å²) in [6.45, 7) is 0. The molecule has 0 aromatic heterocycles. The van der Waals surface area contributed by atoms with Crippen LogP contribution in [0.1, 0.15) is 11.7 Å². The van der Waals surface area contributed by atoms with Crippen molar-refractivity contribution in [1.82, 2.24) is 5.32 Å². The lowest BCUT2D eigenvalue weighted by molar-refractivity contribution is -0.123. The van der Waals surface area contributed by atoms with Crippen molar-refractivity contribution in [2.45, 2.75) is 12.5 Å². The molecule has 0 spiro atoms. The van der Waals surface area contributed by atoms with Crippen molar-refractivity contribution in [3.8, 4) is 0 Å². The summed E-state index contributed by atoms with van der Waals surface area (Å²) in [4.78, 5) is 11.3. The van der Waals surface area contributed by atoms with Gasteiger partial charge in [0.2, 0.25) is 0 Å². The van der Waals surface area contributed by atoms with E-state index in [-0.39, 0.29) is 5.91 Å². The molecule has 13 heavy (non-hydrogen) atoms. The zero-order chi connectivity index (χ0) is 9.26. The maximum atomic E-state index is 11.3.